The predicted octanol–water partition coefficient (Wildman–Crippen LogP) is 1.71. The van der Waals surface area contributed by atoms with Gasteiger partial charge in [0, 0.05) is 33.4 Å². The first kappa shape index (κ1) is 31.5. The molecule has 0 aliphatic rings. The summed E-state index contributed by atoms with van der Waals surface area (Å²) in [6.07, 6.45) is 0. The number of hydrogen-bond donors (Lipinski definition) is 3. The third-order valence-electron chi connectivity index (χ3n) is 6.85. The van der Waals surface area contributed by atoms with Gasteiger partial charge >= 0.3 is 17.9 Å². The molecule has 0 amide bonds. The van der Waals surface area contributed by atoms with E-state index in [2.05, 4.69) is 61.2 Å². The quantitative estimate of drug-likeness (QED) is 0.195. The number of aromatic carboxylic acids is 3. The van der Waals surface area contributed by atoms with E-state index in [1.807, 2.05) is 0 Å². The van der Waals surface area contributed by atoms with Gasteiger partial charge in [-0.1, -0.05) is 72.8 Å². The first-order valence-electron chi connectivity index (χ1n) is 14.2. The van der Waals surface area contributed by atoms with Gasteiger partial charge in [0.05, 0.1) is 0 Å². The van der Waals surface area contributed by atoms with E-state index >= 15 is 0 Å². The predicted molar refractivity (Wildman–Crippen MR) is 167 cm³/mol. The van der Waals surface area contributed by atoms with Crippen LogP contribution in [0.5, 0.6) is 0 Å². The molecule has 7 aromatic rings. The van der Waals surface area contributed by atoms with Crippen molar-refractivity contribution in [1.82, 2.24) is 76.1 Å². The van der Waals surface area contributed by atoms with Crippen LogP contribution in [0.4, 0.5) is 0 Å². The van der Waals surface area contributed by atoms with Crippen LogP contribution < -0.4 is 0 Å². The van der Waals surface area contributed by atoms with Crippen molar-refractivity contribution in [3.8, 4) is 68.3 Å². The summed E-state index contributed by atoms with van der Waals surface area (Å²) < 4.78 is 0. The number of carbonyl (C=O) groups is 3. The monoisotopic (exact) mass is 681 g/mol. The number of nitrogens with zero attached hydrogens (tertiary/aromatic N) is 15. The molecule has 4 heterocycles. The summed E-state index contributed by atoms with van der Waals surface area (Å²) >= 11 is 0. The topological polar surface area (TPSA) is 305 Å². The molecule has 51 heavy (non-hydrogen) atoms. The molecule has 21 heteroatoms. The lowest BCUT2D eigenvalue weighted by Crippen LogP contribution is -2.08. The van der Waals surface area contributed by atoms with Gasteiger partial charge in [0.1, 0.15) is 0 Å². The first-order chi connectivity index (χ1) is 24.7. The van der Waals surface area contributed by atoms with Gasteiger partial charge in [0.2, 0.25) is 17.5 Å². The molecule has 0 saturated heterocycles. The molecule has 0 bridgehead atoms. The highest BCUT2D eigenvalue weighted by molar-refractivity contribution is 5.83. The van der Waals surface area contributed by atoms with Gasteiger partial charge < -0.3 is 15.3 Å². The standard InChI is InChI=1S/C30H15N15O6/c46-28(47)25-40-34-22(35-41-25)16-7-1-13(2-8-16)19-31-20(14-3-9-17(10-4-14)23-36-42-26(29(48)49)43-37-23)33-21(32-19)15-5-11-18(12-6-15)24-38-44-27(30(50)51)45-39-24/h1-12H,(H,46,47)(H,48,49)(H,50,51). The van der Waals surface area contributed by atoms with Crippen LogP contribution in [0.3, 0.4) is 0 Å². The Morgan fingerprint density at radius 3 is 0.647 bits per heavy atom. The smallest absolute Gasteiger partial charge is 0.377 e. The van der Waals surface area contributed by atoms with Crippen molar-refractivity contribution in [3.63, 3.8) is 0 Å². The van der Waals surface area contributed by atoms with Crippen LogP contribution in [-0.4, -0.2) is 109 Å². The zero-order chi connectivity index (χ0) is 35.5. The van der Waals surface area contributed by atoms with Gasteiger partial charge in [-0.2, -0.15) is 0 Å². The van der Waals surface area contributed by atoms with E-state index in [1.54, 1.807) is 72.8 Å². The Morgan fingerprint density at radius 1 is 0.294 bits per heavy atom. The lowest BCUT2D eigenvalue weighted by atomic mass is 10.1. The highest BCUT2D eigenvalue weighted by atomic mass is 16.4. The van der Waals surface area contributed by atoms with E-state index < -0.39 is 35.4 Å². The fourth-order valence-electron chi connectivity index (χ4n) is 4.36. The van der Waals surface area contributed by atoms with E-state index in [0.29, 0.717) is 50.9 Å². The fraction of sp³-hybridized carbons (Fsp3) is 0. The molecular weight excluding hydrogens is 666 g/mol. The summed E-state index contributed by atoms with van der Waals surface area (Å²) in [6.45, 7) is 0. The van der Waals surface area contributed by atoms with E-state index in [4.69, 9.17) is 30.3 Å². The summed E-state index contributed by atoms with van der Waals surface area (Å²) in [6, 6.07) is 20.4. The highest BCUT2D eigenvalue weighted by Crippen LogP contribution is 2.28. The van der Waals surface area contributed by atoms with Crippen molar-refractivity contribution >= 4 is 17.9 Å². The molecule has 3 aromatic carbocycles. The number of carboxylic acid groups (broad SMARTS) is 3. The summed E-state index contributed by atoms with van der Waals surface area (Å²) in [5.41, 5.74) is 3.32. The lowest BCUT2D eigenvalue weighted by Gasteiger charge is -2.09. The minimum atomic E-state index is -1.35. The van der Waals surface area contributed by atoms with Gasteiger partial charge in [0.25, 0.3) is 17.5 Å². The minimum absolute atomic E-state index is 0.114. The average Bonchev–Trinajstić information content (AvgIpc) is 3.18. The molecule has 0 spiro atoms. The Bertz CT molecular complexity index is 2130. The Morgan fingerprint density at radius 2 is 0.471 bits per heavy atom. The number of aromatic nitrogens is 15. The molecule has 3 N–H and O–H groups in total. The molecule has 0 aliphatic carbocycles. The van der Waals surface area contributed by atoms with Gasteiger partial charge in [-0.05, 0) is 0 Å². The molecule has 7 rings (SSSR count). The Hall–Kier alpha value is -8.10. The maximum absolute atomic E-state index is 11.1. The summed E-state index contributed by atoms with van der Waals surface area (Å²) in [4.78, 5) is 47.3. The second-order valence-electron chi connectivity index (χ2n) is 10.1. The van der Waals surface area contributed by atoms with E-state index in [-0.39, 0.29) is 17.5 Å². The van der Waals surface area contributed by atoms with Crippen molar-refractivity contribution in [3.05, 3.63) is 90.3 Å². The number of hydrogen-bond acceptors (Lipinski definition) is 18. The maximum Gasteiger partial charge on any atom is 0.377 e. The van der Waals surface area contributed by atoms with Crippen LogP contribution in [0.2, 0.25) is 0 Å². The van der Waals surface area contributed by atoms with Crippen LogP contribution in [-0.2, 0) is 0 Å². The highest BCUT2D eigenvalue weighted by Gasteiger charge is 2.16. The van der Waals surface area contributed by atoms with Crippen molar-refractivity contribution in [2.45, 2.75) is 0 Å². The van der Waals surface area contributed by atoms with Crippen LogP contribution in [0.25, 0.3) is 68.3 Å². The number of benzene rings is 3. The molecule has 0 saturated carbocycles. The molecule has 0 atom stereocenters. The van der Waals surface area contributed by atoms with E-state index in [1.165, 1.54) is 0 Å². The molecule has 246 valence electrons. The molecule has 0 radical (unpaired) electrons. The molecule has 0 aliphatic heterocycles. The molecule has 0 unspecified atom stereocenters. The minimum Gasteiger partial charge on any atom is -0.475 e. The van der Waals surface area contributed by atoms with Crippen molar-refractivity contribution in [2.75, 3.05) is 0 Å². The molecule has 0 fully saturated rings. The Balaban J connectivity index is 1.24. The van der Waals surface area contributed by atoms with Crippen LogP contribution >= 0.6 is 0 Å². The first-order valence-corrected chi connectivity index (χ1v) is 14.2. The van der Waals surface area contributed by atoms with Crippen molar-refractivity contribution in [2.24, 2.45) is 0 Å². The van der Waals surface area contributed by atoms with E-state index in [9.17, 15) is 14.4 Å². The molecular formula is C30H15N15O6. The van der Waals surface area contributed by atoms with Crippen molar-refractivity contribution in [1.29, 1.82) is 0 Å². The zero-order valence-corrected chi connectivity index (χ0v) is 25.2. The Kier molecular flexibility index (Phi) is 8.15. The van der Waals surface area contributed by atoms with Gasteiger partial charge in [-0.25, -0.2) is 29.3 Å². The largest absolute Gasteiger partial charge is 0.475 e. The van der Waals surface area contributed by atoms with Crippen molar-refractivity contribution < 1.29 is 29.7 Å². The van der Waals surface area contributed by atoms with Gasteiger partial charge in [-0.3, -0.25) is 0 Å². The third-order valence-corrected chi connectivity index (χ3v) is 6.85. The zero-order valence-electron chi connectivity index (χ0n) is 25.2. The second-order valence-corrected chi connectivity index (χ2v) is 10.1. The number of carboxylic acids is 3. The second kappa shape index (κ2) is 13.2. The summed E-state index contributed by atoms with van der Waals surface area (Å²) in [5, 5.41) is 71.4. The van der Waals surface area contributed by atoms with Crippen LogP contribution in [0.15, 0.2) is 72.8 Å². The summed E-state index contributed by atoms with van der Waals surface area (Å²) in [7, 11) is 0. The molecule has 4 aromatic heterocycles. The normalized spacial score (nSPS) is 10.8. The number of rotatable bonds is 9. The Labute approximate surface area is 282 Å². The van der Waals surface area contributed by atoms with Gasteiger partial charge in [-0.15, -0.1) is 61.2 Å². The summed E-state index contributed by atoms with van der Waals surface area (Å²) in [5.74, 6) is -4.40. The lowest BCUT2D eigenvalue weighted by molar-refractivity contribution is 0.0669. The molecule has 21 nitrogen and oxygen atoms in total. The maximum atomic E-state index is 11.1. The SMILES string of the molecule is O=C(O)c1nnc(-c2ccc(-c3nc(-c4ccc(-c5nnc(C(=O)O)nn5)cc4)nc(-c4ccc(-c5nnc(C(=O)O)nn5)cc4)n3)cc2)nn1. The van der Waals surface area contributed by atoms with Crippen LogP contribution in [0.1, 0.15) is 31.9 Å². The average molecular weight is 682 g/mol. The third kappa shape index (κ3) is 6.68. The van der Waals surface area contributed by atoms with Gasteiger partial charge in [0.15, 0.2) is 17.5 Å². The fourth-order valence-corrected chi connectivity index (χ4v) is 4.36. The van der Waals surface area contributed by atoms with E-state index in [0.717, 1.165) is 0 Å². The van der Waals surface area contributed by atoms with Crippen LogP contribution in [0, 0.1) is 0 Å².